The molecule has 0 atom stereocenters. The van der Waals surface area contributed by atoms with Crippen LogP contribution >= 0.6 is 0 Å². The molecule has 1 aromatic carbocycles. The first kappa shape index (κ1) is 11.7. The molecule has 0 unspecified atom stereocenters. The van der Waals surface area contributed by atoms with Gasteiger partial charge in [0.2, 0.25) is 0 Å². The van der Waals surface area contributed by atoms with Crippen LogP contribution in [0.5, 0.6) is 0 Å². The SMILES string of the molecule is N=C(N)c1cc(N2CCCc3ccccc32)ccn1. The van der Waals surface area contributed by atoms with Crippen LogP contribution in [0.1, 0.15) is 17.7 Å². The average Bonchev–Trinajstić information content (AvgIpc) is 2.47. The van der Waals surface area contributed by atoms with Crippen molar-refractivity contribution in [3.05, 3.63) is 53.9 Å². The smallest absolute Gasteiger partial charge is 0.141 e. The molecule has 0 aliphatic carbocycles. The van der Waals surface area contributed by atoms with Gasteiger partial charge in [0.05, 0.1) is 0 Å². The second kappa shape index (κ2) is 4.72. The summed E-state index contributed by atoms with van der Waals surface area (Å²) < 4.78 is 0. The number of para-hydroxylation sites is 1. The number of aromatic nitrogens is 1. The van der Waals surface area contributed by atoms with Crippen molar-refractivity contribution in [3.8, 4) is 0 Å². The molecule has 19 heavy (non-hydrogen) atoms. The minimum Gasteiger partial charge on any atom is -0.382 e. The quantitative estimate of drug-likeness (QED) is 0.637. The highest BCUT2D eigenvalue weighted by atomic mass is 15.1. The number of nitrogens with zero attached hydrogens (tertiary/aromatic N) is 2. The lowest BCUT2D eigenvalue weighted by atomic mass is 10.0. The van der Waals surface area contributed by atoms with Crippen molar-refractivity contribution < 1.29 is 0 Å². The second-order valence-corrected chi connectivity index (χ2v) is 4.70. The van der Waals surface area contributed by atoms with Crippen LogP contribution in [0, 0.1) is 5.41 Å². The summed E-state index contributed by atoms with van der Waals surface area (Å²) in [5.41, 5.74) is 9.70. The molecule has 2 heterocycles. The zero-order valence-electron chi connectivity index (χ0n) is 10.6. The standard InChI is InChI=1S/C15H16N4/c16-15(17)13-10-12(7-8-18-13)19-9-3-5-11-4-1-2-6-14(11)19/h1-2,4,6-8,10H,3,5,9H2,(H3,16,17). The van der Waals surface area contributed by atoms with Crippen LogP contribution in [0.2, 0.25) is 0 Å². The summed E-state index contributed by atoms with van der Waals surface area (Å²) in [6.45, 7) is 0.984. The summed E-state index contributed by atoms with van der Waals surface area (Å²) in [7, 11) is 0. The number of rotatable bonds is 2. The Hall–Kier alpha value is -2.36. The minimum atomic E-state index is 0.00662. The van der Waals surface area contributed by atoms with Crippen molar-refractivity contribution in [2.24, 2.45) is 5.73 Å². The van der Waals surface area contributed by atoms with E-state index in [0.717, 1.165) is 25.1 Å². The molecule has 1 aliphatic heterocycles. The van der Waals surface area contributed by atoms with Crippen LogP contribution in [0.3, 0.4) is 0 Å². The molecule has 0 spiro atoms. The van der Waals surface area contributed by atoms with Crippen molar-refractivity contribution in [1.29, 1.82) is 5.41 Å². The molecule has 1 aromatic heterocycles. The first-order valence-electron chi connectivity index (χ1n) is 6.41. The van der Waals surface area contributed by atoms with Crippen molar-refractivity contribution in [1.82, 2.24) is 4.98 Å². The Balaban J connectivity index is 2.04. The highest BCUT2D eigenvalue weighted by Gasteiger charge is 2.18. The molecule has 0 fully saturated rings. The Bertz CT molecular complexity index is 621. The van der Waals surface area contributed by atoms with E-state index in [9.17, 15) is 0 Å². The number of hydrogen-bond donors (Lipinski definition) is 2. The number of amidine groups is 1. The van der Waals surface area contributed by atoms with E-state index in [0.29, 0.717) is 5.69 Å². The number of anilines is 2. The molecule has 0 saturated heterocycles. The van der Waals surface area contributed by atoms with Crippen molar-refractivity contribution in [2.75, 3.05) is 11.4 Å². The summed E-state index contributed by atoms with van der Waals surface area (Å²) >= 11 is 0. The summed E-state index contributed by atoms with van der Waals surface area (Å²) in [5.74, 6) is 0.00662. The van der Waals surface area contributed by atoms with Gasteiger partial charge in [-0.05, 0) is 36.6 Å². The van der Waals surface area contributed by atoms with Gasteiger partial charge in [0.15, 0.2) is 0 Å². The van der Waals surface area contributed by atoms with Crippen LogP contribution in [-0.4, -0.2) is 17.4 Å². The number of fused-ring (bicyclic) bond motifs is 1. The lowest BCUT2D eigenvalue weighted by Gasteiger charge is -2.31. The van der Waals surface area contributed by atoms with Gasteiger partial charge in [-0.15, -0.1) is 0 Å². The monoisotopic (exact) mass is 252 g/mol. The molecule has 0 radical (unpaired) electrons. The van der Waals surface area contributed by atoms with Gasteiger partial charge in [0.1, 0.15) is 11.5 Å². The van der Waals surface area contributed by atoms with Gasteiger partial charge >= 0.3 is 0 Å². The molecule has 2 aromatic rings. The fourth-order valence-corrected chi connectivity index (χ4v) is 2.54. The van der Waals surface area contributed by atoms with E-state index in [1.54, 1.807) is 6.20 Å². The maximum absolute atomic E-state index is 7.49. The van der Waals surface area contributed by atoms with E-state index in [2.05, 4.69) is 34.1 Å². The van der Waals surface area contributed by atoms with Crippen LogP contribution in [0.25, 0.3) is 0 Å². The largest absolute Gasteiger partial charge is 0.382 e. The Morgan fingerprint density at radius 1 is 1.26 bits per heavy atom. The van der Waals surface area contributed by atoms with Crippen LogP contribution < -0.4 is 10.6 Å². The van der Waals surface area contributed by atoms with Crippen molar-refractivity contribution in [3.63, 3.8) is 0 Å². The molecular weight excluding hydrogens is 236 g/mol. The van der Waals surface area contributed by atoms with Gasteiger partial charge in [-0.2, -0.15) is 0 Å². The number of pyridine rings is 1. The van der Waals surface area contributed by atoms with Crippen LogP contribution in [0.15, 0.2) is 42.6 Å². The summed E-state index contributed by atoms with van der Waals surface area (Å²) in [5, 5.41) is 7.49. The lowest BCUT2D eigenvalue weighted by Crippen LogP contribution is -2.25. The molecule has 3 N–H and O–H groups in total. The summed E-state index contributed by atoms with van der Waals surface area (Å²) in [6.07, 6.45) is 3.97. The Morgan fingerprint density at radius 3 is 2.95 bits per heavy atom. The van der Waals surface area contributed by atoms with Gasteiger partial charge in [0.25, 0.3) is 0 Å². The molecule has 3 rings (SSSR count). The third-order valence-corrected chi connectivity index (χ3v) is 3.44. The lowest BCUT2D eigenvalue weighted by molar-refractivity contribution is 0.766. The van der Waals surface area contributed by atoms with Gasteiger partial charge in [-0.25, -0.2) is 0 Å². The zero-order chi connectivity index (χ0) is 13.2. The molecule has 4 nitrogen and oxygen atoms in total. The highest BCUT2D eigenvalue weighted by Crippen LogP contribution is 2.33. The van der Waals surface area contributed by atoms with Gasteiger partial charge in [-0.1, -0.05) is 18.2 Å². The topological polar surface area (TPSA) is 66.0 Å². The molecule has 1 aliphatic rings. The predicted octanol–water partition coefficient (Wildman–Crippen LogP) is 2.45. The summed E-state index contributed by atoms with van der Waals surface area (Å²) in [6, 6.07) is 12.3. The Morgan fingerprint density at radius 2 is 2.11 bits per heavy atom. The first-order valence-corrected chi connectivity index (χ1v) is 6.41. The van der Waals surface area contributed by atoms with E-state index in [1.807, 2.05) is 12.1 Å². The number of benzene rings is 1. The molecule has 0 amide bonds. The summed E-state index contributed by atoms with van der Waals surface area (Å²) in [4.78, 5) is 6.38. The molecule has 0 saturated carbocycles. The van der Waals surface area contributed by atoms with E-state index in [1.165, 1.54) is 11.3 Å². The molecular formula is C15H16N4. The maximum atomic E-state index is 7.49. The average molecular weight is 252 g/mol. The van der Waals surface area contributed by atoms with Crippen LogP contribution in [0.4, 0.5) is 11.4 Å². The van der Waals surface area contributed by atoms with Crippen molar-refractivity contribution >= 4 is 17.2 Å². The number of hydrogen-bond acceptors (Lipinski definition) is 3. The molecule has 0 bridgehead atoms. The number of aryl methyl sites for hydroxylation is 1. The number of nitrogens with one attached hydrogen (secondary N) is 1. The van der Waals surface area contributed by atoms with Crippen LogP contribution in [-0.2, 0) is 6.42 Å². The second-order valence-electron chi connectivity index (χ2n) is 4.70. The first-order chi connectivity index (χ1) is 9.25. The zero-order valence-corrected chi connectivity index (χ0v) is 10.6. The van der Waals surface area contributed by atoms with Crippen molar-refractivity contribution in [2.45, 2.75) is 12.8 Å². The highest BCUT2D eigenvalue weighted by molar-refractivity contribution is 5.94. The number of nitrogens with two attached hydrogens (primary N) is 1. The number of nitrogen functional groups attached to an aromatic ring is 1. The minimum absolute atomic E-state index is 0.00662. The van der Waals surface area contributed by atoms with E-state index in [-0.39, 0.29) is 5.84 Å². The Labute approximate surface area is 112 Å². The van der Waals surface area contributed by atoms with E-state index >= 15 is 0 Å². The molecule has 4 heteroatoms. The predicted molar refractivity (Wildman–Crippen MR) is 77.0 cm³/mol. The fraction of sp³-hybridized carbons (Fsp3) is 0.200. The van der Waals surface area contributed by atoms with Gasteiger partial charge in [0, 0.05) is 24.1 Å². The normalized spacial score (nSPS) is 14.0. The van der Waals surface area contributed by atoms with Gasteiger partial charge in [-0.3, -0.25) is 10.4 Å². The fourth-order valence-electron chi connectivity index (χ4n) is 2.54. The third kappa shape index (κ3) is 2.17. The molecule has 96 valence electrons. The third-order valence-electron chi connectivity index (χ3n) is 3.44. The maximum Gasteiger partial charge on any atom is 0.141 e. The van der Waals surface area contributed by atoms with E-state index < -0.39 is 0 Å². The van der Waals surface area contributed by atoms with Gasteiger partial charge < -0.3 is 10.6 Å². The van der Waals surface area contributed by atoms with E-state index in [4.69, 9.17) is 11.1 Å². The Kier molecular flexibility index (Phi) is 2.91.